The van der Waals surface area contributed by atoms with E-state index in [0.29, 0.717) is 6.04 Å². The maximum absolute atomic E-state index is 4.55. The highest BCUT2D eigenvalue weighted by atomic mass is 14.9. The summed E-state index contributed by atoms with van der Waals surface area (Å²) in [5, 5.41) is 3.44. The predicted octanol–water partition coefficient (Wildman–Crippen LogP) is 3.62. The maximum Gasteiger partial charge on any atom is 0.0602 e. The second-order valence-corrected chi connectivity index (χ2v) is 5.29. The number of nitrogens with one attached hydrogen (secondary N) is 1. The average molecular weight is 232 g/mol. The van der Waals surface area contributed by atoms with E-state index in [9.17, 15) is 0 Å². The van der Waals surface area contributed by atoms with Gasteiger partial charge in [-0.1, -0.05) is 38.2 Å². The zero-order valence-corrected chi connectivity index (χ0v) is 11.1. The van der Waals surface area contributed by atoms with Crippen molar-refractivity contribution < 1.29 is 0 Å². The average Bonchev–Trinajstić information content (AvgIpc) is 2.38. The molecule has 1 unspecified atom stereocenters. The van der Waals surface area contributed by atoms with Gasteiger partial charge in [0.05, 0.1) is 5.69 Å². The zero-order chi connectivity index (χ0) is 12.1. The van der Waals surface area contributed by atoms with E-state index >= 15 is 0 Å². The van der Waals surface area contributed by atoms with Crippen LogP contribution in [0.15, 0.2) is 18.3 Å². The van der Waals surface area contributed by atoms with Crippen molar-refractivity contribution >= 4 is 0 Å². The molecule has 1 fully saturated rings. The molecule has 1 N–H and O–H groups in total. The van der Waals surface area contributed by atoms with E-state index in [1.807, 2.05) is 12.3 Å². The minimum Gasteiger partial charge on any atom is -0.312 e. The van der Waals surface area contributed by atoms with Crippen LogP contribution in [0.5, 0.6) is 0 Å². The fourth-order valence-corrected chi connectivity index (χ4v) is 2.99. The van der Waals surface area contributed by atoms with Gasteiger partial charge in [0.25, 0.3) is 0 Å². The summed E-state index contributed by atoms with van der Waals surface area (Å²) in [6.45, 7) is 2.16. The third kappa shape index (κ3) is 3.29. The molecule has 0 aromatic carbocycles. The van der Waals surface area contributed by atoms with Gasteiger partial charge in [0, 0.05) is 12.2 Å². The van der Waals surface area contributed by atoms with Gasteiger partial charge in [-0.25, -0.2) is 0 Å². The predicted molar refractivity (Wildman–Crippen MR) is 72.0 cm³/mol. The molecule has 1 atom stereocenters. The van der Waals surface area contributed by atoms with Gasteiger partial charge in [-0.15, -0.1) is 0 Å². The van der Waals surface area contributed by atoms with Gasteiger partial charge in [-0.05, 0) is 37.9 Å². The molecular formula is C15H24N2. The molecule has 17 heavy (non-hydrogen) atoms. The topological polar surface area (TPSA) is 24.9 Å². The van der Waals surface area contributed by atoms with Crippen LogP contribution in [-0.4, -0.2) is 12.0 Å². The Hall–Kier alpha value is -0.890. The summed E-state index contributed by atoms with van der Waals surface area (Å²) in [6, 6.07) is 4.61. The van der Waals surface area contributed by atoms with Crippen LogP contribution in [0.4, 0.5) is 0 Å². The summed E-state index contributed by atoms with van der Waals surface area (Å²) in [5.41, 5.74) is 2.54. The molecule has 1 heterocycles. The first-order valence-corrected chi connectivity index (χ1v) is 6.90. The Morgan fingerprint density at radius 3 is 2.76 bits per heavy atom. The van der Waals surface area contributed by atoms with Crippen molar-refractivity contribution in [2.45, 2.75) is 51.5 Å². The molecule has 94 valence electrons. The lowest BCUT2D eigenvalue weighted by molar-refractivity contribution is 0.303. The third-order valence-electron chi connectivity index (χ3n) is 4.02. The first kappa shape index (κ1) is 12.6. The summed E-state index contributed by atoms with van der Waals surface area (Å²) in [5.74, 6) is 0.891. The van der Waals surface area contributed by atoms with Gasteiger partial charge in [0.2, 0.25) is 0 Å². The molecule has 0 saturated heterocycles. The summed E-state index contributed by atoms with van der Waals surface area (Å²) < 4.78 is 0. The number of nitrogens with zero attached hydrogens (tertiary/aromatic N) is 1. The number of hydrogen-bond donors (Lipinski definition) is 1. The second kappa shape index (κ2) is 6.15. The Morgan fingerprint density at radius 1 is 1.35 bits per heavy atom. The van der Waals surface area contributed by atoms with Crippen molar-refractivity contribution in [3.63, 3.8) is 0 Å². The van der Waals surface area contributed by atoms with Gasteiger partial charge in [0.15, 0.2) is 0 Å². The van der Waals surface area contributed by atoms with Gasteiger partial charge < -0.3 is 5.32 Å². The molecule has 0 spiro atoms. The number of hydrogen-bond acceptors (Lipinski definition) is 2. The molecule has 1 aliphatic carbocycles. The van der Waals surface area contributed by atoms with E-state index in [0.717, 1.165) is 5.92 Å². The monoisotopic (exact) mass is 232 g/mol. The van der Waals surface area contributed by atoms with E-state index in [1.165, 1.54) is 49.8 Å². The standard InChI is InChI=1S/C15H24N2/c1-12-7-6-10-17-15(12)14(16-2)11-13-8-4-3-5-9-13/h6-7,10,13-14,16H,3-5,8-9,11H2,1-2H3. The lowest BCUT2D eigenvalue weighted by atomic mass is 9.84. The molecule has 1 aromatic rings. The molecular weight excluding hydrogens is 208 g/mol. The molecule has 0 radical (unpaired) electrons. The molecule has 0 aliphatic heterocycles. The summed E-state index contributed by atoms with van der Waals surface area (Å²) in [6.07, 6.45) is 10.2. The lowest BCUT2D eigenvalue weighted by Gasteiger charge is -2.26. The van der Waals surface area contributed by atoms with Gasteiger partial charge in [-0.3, -0.25) is 4.98 Å². The van der Waals surface area contributed by atoms with Crippen LogP contribution in [0.3, 0.4) is 0 Å². The van der Waals surface area contributed by atoms with Crippen LogP contribution in [0.2, 0.25) is 0 Å². The maximum atomic E-state index is 4.55. The van der Waals surface area contributed by atoms with Crippen molar-refractivity contribution in [1.82, 2.24) is 10.3 Å². The minimum absolute atomic E-state index is 0.430. The van der Waals surface area contributed by atoms with Crippen LogP contribution in [-0.2, 0) is 0 Å². The normalized spacial score (nSPS) is 19.2. The van der Waals surface area contributed by atoms with Crippen LogP contribution in [0, 0.1) is 12.8 Å². The minimum atomic E-state index is 0.430. The number of pyridine rings is 1. The van der Waals surface area contributed by atoms with Gasteiger partial charge in [0.1, 0.15) is 0 Å². The number of aromatic nitrogens is 1. The molecule has 1 aromatic heterocycles. The van der Waals surface area contributed by atoms with Crippen LogP contribution in [0.25, 0.3) is 0 Å². The van der Waals surface area contributed by atoms with Crippen molar-refractivity contribution in [3.8, 4) is 0 Å². The first-order valence-electron chi connectivity index (χ1n) is 6.90. The largest absolute Gasteiger partial charge is 0.312 e. The van der Waals surface area contributed by atoms with Gasteiger partial charge >= 0.3 is 0 Å². The van der Waals surface area contributed by atoms with E-state index in [2.05, 4.69) is 30.3 Å². The van der Waals surface area contributed by atoms with E-state index in [-0.39, 0.29) is 0 Å². The summed E-state index contributed by atoms with van der Waals surface area (Å²) >= 11 is 0. The van der Waals surface area contributed by atoms with Crippen molar-refractivity contribution in [3.05, 3.63) is 29.6 Å². The SMILES string of the molecule is CNC(CC1CCCCC1)c1ncccc1C. The van der Waals surface area contributed by atoms with Crippen molar-refractivity contribution in [2.24, 2.45) is 5.92 Å². The Labute approximate surface area is 105 Å². The molecule has 0 amide bonds. The molecule has 2 rings (SSSR count). The van der Waals surface area contributed by atoms with E-state index < -0.39 is 0 Å². The summed E-state index contributed by atoms with van der Waals surface area (Å²) in [4.78, 5) is 4.55. The molecule has 1 aliphatic rings. The smallest absolute Gasteiger partial charge is 0.0602 e. The van der Waals surface area contributed by atoms with Gasteiger partial charge in [-0.2, -0.15) is 0 Å². The van der Waals surface area contributed by atoms with Crippen LogP contribution in [0.1, 0.15) is 55.8 Å². The second-order valence-electron chi connectivity index (χ2n) is 5.29. The quantitative estimate of drug-likeness (QED) is 0.857. The highest BCUT2D eigenvalue weighted by Crippen LogP contribution is 2.31. The number of rotatable bonds is 4. The first-order chi connectivity index (χ1) is 8.31. The van der Waals surface area contributed by atoms with Crippen LogP contribution < -0.4 is 5.32 Å². The molecule has 2 nitrogen and oxygen atoms in total. The highest BCUT2D eigenvalue weighted by Gasteiger charge is 2.20. The van der Waals surface area contributed by atoms with Crippen molar-refractivity contribution in [2.75, 3.05) is 7.05 Å². The van der Waals surface area contributed by atoms with E-state index in [4.69, 9.17) is 0 Å². The number of aryl methyl sites for hydroxylation is 1. The molecule has 1 saturated carbocycles. The molecule has 2 heteroatoms. The lowest BCUT2D eigenvalue weighted by Crippen LogP contribution is -2.22. The Balaban J connectivity index is 2.03. The Morgan fingerprint density at radius 2 is 2.12 bits per heavy atom. The Kier molecular flexibility index (Phi) is 4.55. The fourth-order valence-electron chi connectivity index (χ4n) is 2.99. The summed E-state index contributed by atoms with van der Waals surface area (Å²) in [7, 11) is 2.06. The third-order valence-corrected chi connectivity index (χ3v) is 4.02. The Bertz CT molecular complexity index is 343. The zero-order valence-electron chi connectivity index (χ0n) is 11.1. The van der Waals surface area contributed by atoms with Crippen molar-refractivity contribution in [1.29, 1.82) is 0 Å². The van der Waals surface area contributed by atoms with Crippen LogP contribution >= 0.6 is 0 Å². The van der Waals surface area contributed by atoms with E-state index in [1.54, 1.807) is 0 Å². The highest BCUT2D eigenvalue weighted by molar-refractivity contribution is 5.21. The fraction of sp³-hybridized carbons (Fsp3) is 0.667. The molecule has 0 bridgehead atoms.